The average molecular weight is 470 g/mol. The van der Waals surface area contributed by atoms with Crippen LogP contribution in [-0.2, 0) is 16.1 Å². The Labute approximate surface area is 200 Å². The van der Waals surface area contributed by atoms with E-state index in [1.165, 1.54) is 17.3 Å². The van der Waals surface area contributed by atoms with Gasteiger partial charge in [0.15, 0.2) is 0 Å². The van der Waals surface area contributed by atoms with Crippen LogP contribution in [0.4, 0.5) is 5.82 Å². The molecule has 0 spiro atoms. The van der Waals surface area contributed by atoms with Crippen LogP contribution in [0.25, 0.3) is 0 Å². The molecular weight excluding hydrogens is 438 g/mol. The Balaban J connectivity index is 1.22. The predicted octanol–water partition coefficient (Wildman–Crippen LogP) is 3.04. The van der Waals surface area contributed by atoms with Crippen LogP contribution in [-0.4, -0.2) is 77.3 Å². The molecule has 2 aromatic rings. The Kier molecular flexibility index (Phi) is 7.96. The average Bonchev–Trinajstić information content (AvgIpc) is 2.82. The molecular formula is C25H32ClN5O2. The highest BCUT2D eigenvalue weighted by molar-refractivity contribution is 6.30. The molecule has 2 aliphatic heterocycles. The van der Waals surface area contributed by atoms with Gasteiger partial charge in [-0.3, -0.25) is 19.4 Å². The summed E-state index contributed by atoms with van der Waals surface area (Å²) in [6, 6.07) is 11.9. The first-order valence-electron chi connectivity index (χ1n) is 11.7. The molecule has 4 rings (SSSR count). The number of carbonyl (C=O) groups excluding carboxylic acids is 2. The van der Waals surface area contributed by atoms with Gasteiger partial charge < -0.3 is 10.2 Å². The normalized spacial score (nSPS) is 19.9. The highest BCUT2D eigenvalue weighted by atomic mass is 35.5. The van der Waals surface area contributed by atoms with E-state index >= 15 is 0 Å². The van der Waals surface area contributed by atoms with Crippen LogP contribution in [0.15, 0.2) is 42.6 Å². The van der Waals surface area contributed by atoms with Crippen molar-refractivity contribution in [3.8, 4) is 0 Å². The number of rotatable bonds is 6. The molecule has 1 aromatic carbocycles. The molecule has 7 nitrogen and oxygen atoms in total. The number of halogens is 1. The minimum Gasteiger partial charge on any atom is -0.339 e. The number of nitrogens with one attached hydrogen (secondary N) is 1. The lowest BCUT2D eigenvalue weighted by atomic mass is 9.97. The molecule has 0 unspecified atom stereocenters. The summed E-state index contributed by atoms with van der Waals surface area (Å²) in [4.78, 5) is 36.2. The molecule has 1 N–H and O–H groups in total. The molecule has 2 fully saturated rings. The number of nitrogens with zero attached hydrogens (tertiary/aromatic N) is 4. The van der Waals surface area contributed by atoms with Crippen molar-refractivity contribution in [1.29, 1.82) is 0 Å². The van der Waals surface area contributed by atoms with Crippen molar-refractivity contribution in [3.05, 3.63) is 58.7 Å². The molecule has 33 heavy (non-hydrogen) atoms. The topological polar surface area (TPSA) is 68.8 Å². The summed E-state index contributed by atoms with van der Waals surface area (Å²) < 4.78 is 0. The summed E-state index contributed by atoms with van der Waals surface area (Å²) in [5, 5.41) is 3.40. The minimum absolute atomic E-state index is 0.0493. The van der Waals surface area contributed by atoms with Crippen LogP contribution in [0.2, 0.25) is 5.02 Å². The maximum Gasteiger partial charge on any atom is 0.236 e. The zero-order valence-corrected chi connectivity index (χ0v) is 19.9. The van der Waals surface area contributed by atoms with Gasteiger partial charge in [0, 0.05) is 45.5 Å². The number of anilines is 1. The highest BCUT2D eigenvalue weighted by Crippen LogP contribution is 2.19. The van der Waals surface area contributed by atoms with E-state index in [0.29, 0.717) is 23.9 Å². The van der Waals surface area contributed by atoms with E-state index in [4.69, 9.17) is 11.6 Å². The third-order valence-electron chi connectivity index (χ3n) is 6.59. The molecule has 3 heterocycles. The molecule has 1 atom stereocenters. The zero-order chi connectivity index (χ0) is 23.2. The molecule has 0 aliphatic carbocycles. The van der Waals surface area contributed by atoms with Crippen molar-refractivity contribution in [1.82, 2.24) is 19.7 Å². The Morgan fingerprint density at radius 2 is 1.85 bits per heavy atom. The molecule has 2 saturated heterocycles. The van der Waals surface area contributed by atoms with Crippen molar-refractivity contribution >= 4 is 29.2 Å². The van der Waals surface area contributed by atoms with Gasteiger partial charge in [0.05, 0.1) is 17.5 Å². The van der Waals surface area contributed by atoms with E-state index in [1.54, 1.807) is 12.1 Å². The van der Waals surface area contributed by atoms with Crippen LogP contribution >= 0.6 is 11.6 Å². The molecule has 1 aromatic heterocycles. The second-order valence-electron chi connectivity index (χ2n) is 9.01. The smallest absolute Gasteiger partial charge is 0.236 e. The standard InChI is InChI=1S/C25H32ClN5O2/c1-19-5-2-3-6-20(19)16-29-11-13-31(14-12-29)24(32)18-30-10-4-7-21(17-30)25(33)28-23-9-8-22(26)15-27-23/h2-3,5-6,8-9,15,21H,4,7,10-14,16-18H2,1H3,(H,27,28,33)/t21-/m0/s1. The van der Waals surface area contributed by atoms with Crippen LogP contribution in [0.3, 0.4) is 0 Å². The third-order valence-corrected chi connectivity index (χ3v) is 6.82. The van der Waals surface area contributed by atoms with Gasteiger partial charge in [0.25, 0.3) is 0 Å². The monoisotopic (exact) mass is 469 g/mol. The lowest BCUT2D eigenvalue weighted by molar-refractivity contribution is -0.135. The molecule has 2 amide bonds. The number of pyridine rings is 1. The van der Waals surface area contributed by atoms with E-state index in [2.05, 4.69) is 51.3 Å². The van der Waals surface area contributed by atoms with Gasteiger partial charge >= 0.3 is 0 Å². The lowest BCUT2D eigenvalue weighted by Crippen LogP contribution is -2.52. The SMILES string of the molecule is Cc1ccccc1CN1CCN(C(=O)CN2CCC[C@H](C(=O)Nc3ccc(Cl)cn3)C2)CC1. The fourth-order valence-corrected chi connectivity index (χ4v) is 4.68. The summed E-state index contributed by atoms with van der Waals surface area (Å²) >= 11 is 5.86. The molecule has 0 saturated carbocycles. The van der Waals surface area contributed by atoms with Crippen molar-refractivity contribution in [3.63, 3.8) is 0 Å². The first-order valence-corrected chi connectivity index (χ1v) is 12.0. The van der Waals surface area contributed by atoms with E-state index in [1.807, 2.05) is 4.90 Å². The third kappa shape index (κ3) is 6.53. The largest absolute Gasteiger partial charge is 0.339 e. The minimum atomic E-state index is -0.144. The lowest BCUT2D eigenvalue weighted by Gasteiger charge is -2.37. The van der Waals surface area contributed by atoms with Crippen molar-refractivity contribution in [2.45, 2.75) is 26.3 Å². The van der Waals surface area contributed by atoms with Gasteiger partial charge in [-0.05, 0) is 49.6 Å². The number of hydrogen-bond donors (Lipinski definition) is 1. The molecule has 2 aliphatic rings. The first-order chi connectivity index (χ1) is 16.0. The number of benzene rings is 1. The molecule has 0 radical (unpaired) electrons. The maximum atomic E-state index is 12.9. The Morgan fingerprint density at radius 1 is 1.06 bits per heavy atom. The number of aryl methyl sites for hydroxylation is 1. The van der Waals surface area contributed by atoms with Crippen LogP contribution in [0.1, 0.15) is 24.0 Å². The van der Waals surface area contributed by atoms with Gasteiger partial charge in [-0.15, -0.1) is 0 Å². The molecule has 0 bridgehead atoms. The summed E-state index contributed by atoms with van der Waals surface area (Å²) in [5.74, 6) is 0.467. The Hall–Kier alpha value is -2.48. The maximum absolute atomic E-state index is 12.9. The van der Waals surface area contributed by atoms with Crippen molar-refractivity contribution in [2.24, 2.45) is 5.92 Å². The van der Waals surface area contributed by atoms with E-state index < -0.39 is 0 Å². The van der Waals surface area contributed by atoms with Gasteiger partial charge in [-0.25, -0.2) is 4.98 Å². The second kappa shape index (κ2) is 11.1. The number of hydrogen-bond acceptors (Lipinski definition) is 5. The molecule has 8 heteroatoms. The van der Waals surface area contributed by atoms with Gasteiger partial charge in [0.2, 0.25) is 11.8 Å². The fourth-order valence-electron chi connectivity index (χ4n) is 4.57. The number of amides is 2. The highest BCUT2D eigenvalue weighted by Gasteiger charge is 2.29. The van der Waals surface area contributed by atoms with Gasteiger partial charge in [-0.2, -0.15) is 0 Å². The van der Waals surface area contributed by atoms with E-state index in [-0.39, 0.29) is 17.7 Å². The summed E-state index contributed by atoms with van der Waals surface area (Å²) in [6.45, 7) is 8.18. The van der Waals surface area contributed by atoms with Gasteiger partial charge in [0.1, 0.15) is 5.82 Å². The van der Waals surface area contributed by atoms with Crippen LogP contribution < -0.4 is 5.32 Å². The number of likely N-dealkylation sites (tertiary alicyclic amines) is 1. The summed E-state index contributed by atoms with van der Waals surface area (Å²) in [6.07, 6.45) is 3.25. The first kappa shape index (κ1) is 23.7. The van der Waals surface area contributed by atoms with Gasteiger partial charge in [-0.1, -0.05) is 35.9 Å². The molecule has 176 valence electrons. The fraction of sp³-hybridized carbons (Fsp3) is 0.480. The Morgan fingerprint density at radius 3 is 2.58 bits per heavy atom. The number of aromatic nitrogens is 1. The summed E-state index contributed by atoms with van der Waals surface area (Å²) in [7, 11) is 0. The van der Waals surface area contributed by atoms with Crippen LogP contribution in [0, 0.1) is 12.8 Å². The van der Waals surface area contributed by atoms with Crippen molar-refractivity contribution < 1.29 is 9.59 Å². The van der Waals surface area contributed by atoms with E-state index in [9.17, 15) is 9.59 Å². The number of carbonyl (C=O) groups is 2. The predicted molar refractivity (Wildman–Crippen MR) is 130 cm³/mol. The summed E-state index contributed by atoms with van der Waals surface area (Å²) in [5.41, 5.74) is 2.66. The Bertz CT molecular complexity index is 960. The number of piperidine rings is 1. The quantitative estimate of drug-likeness (QED) is 0.704. The van der Waals surface area contributed by atoms with Crippen LogP contribution in [0.5, 0.6) is 0 Å². The van der Waals surface area contributed by atoms with E-state index in [0.717, 1.165) is 52.1 Å². The zero-order valence-electron chi connectivity index (χ0n) is 19.2. The number of piperazine rings is 1. The second-order valence-corrected chi connectivity index (χ2v) is 9.45. The van der Waals surface area contributed by atoms with Crippen molar-refractivity contribution in [2.75, 3.05) is 51.1 Å².